The molecule has 2 aliphatic heterocycles. The summed E-state index contributed by atoms with van der Waals surface area (Å²) in [6, 6.07) is 17.4. The van der Waals surface area contributed by atoms with Crippen LogP contribution in [0.3, 0.4) is 0 Å². The van der Waals surface area contributed by atoms with Gasteiger partial charge in [-0.3, -0.25) is 0 Å². The summed E-state index contributed by atoms with van der Waals surface area (Å²) in [7, 11) is 2.20. The fraction of sp³-hybridized carbons (Fsp3) is 0.400. The van der Waals surface area contributed by atoms with Gasteiger partial charge in [-0.1, -0.05) is 42.5 Å². The Balaban J connectivity index is 1.37. The first kappa shape index (κ1) is 18.4. The molecule has 1 saturated heterocycles. The number of anilines is 1. The zero-order valence-electron chi connectivity index (χ0n) is 17.3. The molecule has 29 heavy (non-hydrogen) atoms. The van der Waals surface area contributed by atoms with Crippen molar-refractivity contribution in [3.05, 3.63) is 71.4 Å². The predicted molar refractivity (Wildman–Crippen MR) is 121 cm³/mol. The molecule has 0 atom stereocenters. The van der Waals surface area contributed by atoms with E-state index in [-0.39, 0.29) is 0 Å². The van der Waals surface area contributed by atoms with E-state index in [1.54, 1.807) is 5.57 Å². The van der Waals surface area contributed by atoms with Gasteiger partial charge in [0.25, 0.3) is 0 Å². The first-order valence-electron chi connectivity index (χ1n) is 10.9. The van der Waals surface area contributed by atoms with Gasteiger partial charge in [-0.15, -0.1) is 0 Å². The van der Waals surface area contributed by atoms with Crippen molar-refractivity contribution in [2.75, 3.05) is 51.2 Å². The highest BCUT2D eigenvalue weighted by atomic mass is 15.3. The molecule has 150 valence electrons. The van der Waals surface area contributed by atoms with Gasteiger partial charge in [-0.05, 0) is 55.2 Å². The summed E-state index contributed by atoms with van der Waals surface area (Å²) in [6.07, 6.45) is 5.95. The Morgan fingerprint density at radius 3 is 2.31 bits per heavy atom. The first-order chi connectivity index (χ1) is 14.3. The van der Waals surface area contributed by atoms with Crippen LogP contribution in [0, 0.1) is 0 Å². The maximum absolute atomic E-state index is 5.12. The summed E-state index contributed by atoms with van der Waals surface area (Å²) in [4.78, 5) is 12.5. The van der Waals surface area contributed by atoms with Crippen molar-refractivity contribution in [3.8, 4) is 0 Å². The lowest BCUT2D eigenvalue weighted by Gasteiger charge is -2.34. The van der Waals surface area contributed by atoms with Crippen molar-refractivity contribution in [2.24, 2.45) is 0 Å². The van der Waals surface area contributed by atoms with Gasteiger partial charge in [-0.25, -0.2) is 4.98 Å². The normalized spacial score (nSPS) is 19.9. The lowest BCUT2D eigenvalue weighted by Crippen LogP contribution is -2.44. The molecule has 4 nitrogen and oxygen atoms in total. The van der Waals surface area contributed by atoms with Gasteiger partial charge in [0.1, 0.15) is 5.82 Å². The van der Waals surface area contributed by atoms with Crippen LogP contribution in [0.15, 0.2) is 60.2 Å². The zero-order chi connectivity index (χ0) is 19.6. The maximum atomic E-state index is 5.12. The van der Waals surface area contributed by atoms with Crippen LogP contribution in [0.4, 0.5) is 5.82 Å². The van der Waals surface area contributed by atoms with E-state index in [4.69, 9.17) is 4.98 Å². The lowest BCUT2D eigenvalue weighted by molar-refractivity contribution is 0.312. The minimum atomic E-state index is 0.976. The van der Waals surface area contributed by atoms with Gasteiger partial charge in [0.2, 0.25) is 0 Å². The molecule has 5 rings (SSSR count). The summed E-state index contributed by atoms with van der Waals surface area (Å²) in [6.45, 7) is 6.39. The van der Waals surface area contributed by atoms with Crippen LogP contribution in [0.2, 0.25) is 0 Å². The largest absolute Gasteiger partial charge is 0.366 e. The summed E-state index contributed by atoms with van der Waals surface area (Å²) in [5, 5.41) is 0. The fourth-order valence-corrected chi connectivity index (χ4v) is 4.42. The van der Waals surface area contributed by atoms with E-state index in [1.165, 1.54) is 29.7 Å². The van der Waals surface area contributed by atoms with Crippen LogP contribution in [-0.2, 0) is 0 Å². The van der Waals surface area contributed by atoms with Crippen molar-refractivity contribution in [3.63, 3.8) is 0 Å². The average Bonchev–Trinajstić information content (AvgIpc) is 3.61. The number of likely N-dealkylation sites (N-methyl/N-ethyl adjacent to an activating group) is 1. The van der Waals surface area contributed by atoms with Gasteiger partial charge in [-0.2, -0.15) is 0 Å². The molecule has 3 heterocycles. The Kier molecular flexibility index (Phi) is 5.11. The number of hydrogen-bond acceptors (Lipinski definition) is 4. The molecule has 1 aromatic heterocycles. The Morgan fingerprint density at radius 1 is 0.828 bits per heavy atom. The number of hydrogen-bond donors (Lipinski definition) is 0. The second kappa shape index (κ2) is 8.03. The van der Waals surface area contributed by atoms with E-state index in [2.05, 4.69) is 76.4 Å². The molecule has 0 radical (unpaired) electrons. The number of nitrogens with zero attached hydrogens (tertiary/aromatic N) is 4. The topological polar surface area (TPSA) is 22.6 Å². The Hall–Kier alpha value is -2.59. The molecular weight excluding hydrogens is 356 g/mol. The van der Waals surface area contributed by atoms with E-state index in [0.717, 1.165) is 57.2 Å². The summed E-state index contributed by atoms with van der Waals surface area (Å²) >= 11 is 0. The average molecular weight is 387 g/mol. The van der Waals surface area contributed by atoms with E-state index < -0.39 is 0 Å². The van der Waals surface area contributed by atoms with Crippen LogP contribution in [0.1, 0.15) is 30.5 Å². The SMILES string of the molecule is CN1CCN(c2cccc(C(=C3CC3)N3CC=C(c4ccccc4)CC3)n2)CC1. The number of rotatable bonds is 4. The van der Waals surface area contributed by atoms with Crippen LogP contribution in [0.25, 0.3) is 11.3 Å². The number of allylic oxidation sites excluding steroid dienone is 1. The Labute approximate surface area is 174 Å². The fourth-order valence-electron chi connectivity index (χ4n) is 4.42. The molecule has 1 aliphatic carbocycles. The molecule has 2 fully saturated rings. The van der Waals surface area contributed by atoms with Crippen molar-refractivity contribution < 1.29 is 0 Å². The molecule has 4 heteroatoms. The molecule has 0 spiro atoms. The molecule has 1 aromatic carbocycles. The van der Waals surface area contributed by atoms with E-state index >= 15 is 0 Å². The van der Waals surface area contributed by atoms with Crippen molar-refractivity contribution in [1.29, 1.82) is 0 Å². The Morgan fingerprint density at radius 2 is 1.62 bits per heavy atom. The highest BCUT2D eigenvalue weighted by Gasteiger charge is 2.26. The van der Waals surface area contributed by atoms with E-state index in [0.29, 0.717) is 0 Å². The highest BCUT2D eigenvalue weighted by Crippen LogP contribution is 2.39. The number of benzene rings is 1. The third-order valence-corrected chi connectivity index (χ3v) is 6.31. The summed E-state index contributed by atoms with van der Waals surface area (Å²) < 4.78 is 0. The minimum Gasteiger partial charge on any atom is -0.366 e. The second-order valence-electron chi connectivity index (χ2n) is 8.41. The molecular formula is C25H30N4. The molecule has 0 N–H and O–H groups in total. The zero-order valence-corrected chi connectivity index (χ0v) is 17.3. The first-order valence-corrected chi connectivity index (χ1v) is 10.9. The number of pyridine rings is 1. The van der Waals surface area contributed by atoms with Crippen LogP contribution < -0.4 is 4.90 Å². The van der Waals surface area contributed by atoms with Crippen molar-refractivity contribution >= 4 is 17.1 Å². The molecule has 0 unspecified atom stereocenters. The maximum Gasteiger partial charge on any atom is 0.129 e. The molecule has 1 saturated carbocycles. The summed E-state index contributed by atoms with van der Waals surface area (Å²) in [5.41, 5.74) is 6.96. The van der Waals surface area contributed by atoms with Gasteiger partial charge in [0.05, 0.1) is 11.4 Å². The number of aromatic nitrogens is 1. The monoisotopic (exact) mass is 386 g/mol. The third-order valence-electron chi connectivity index (χ3n) is 6.31. The minimum absolute atomic E-state index is 0.976. The van der Waals surface area contributed by atoms with Gasteiger partial charge in [0, 0.05) is 39.3 Å². The van der Waals surface area contributed by atoms with Crippen LogP contribution in [0.5, 0.6) is 0 Å². The molecule has 2 aromatic rings. The smallest absolute Gasteiger partial charge is 0.129 e. The van der Waals surface area contributed by atoms with Gasteiger partial charge < -0.3 is 14.7 Å². The lowest BCUT2D eigenvalue weighted by atomic mass is 9.99. The van der Waals surface area contributed by atoms with Gasteiger partial charge in [0.15, 0.2) is 0 Å². The highest BCUT2D eigenvalue weighted by molar-refractivity contribution is 5.72. The predicted octanol–water partition coefficient (Wildman–Crippen LogP) is 4.13. The van der Waals surface area contributed by atoms with E-state index in [9.17, 15) is 0 Å². The molecule has 0 amide bonds. The molecule has 3 aliphatic rings. The number of piperazine rings is 1. The third kappa shape index (κ3) is 4.08. The Bertz CT molecular complexity index is 917. The quantitative estimate of drug-likeness (QED) is 0.788. The van der Waals surface area contributed by atoms with Crippen LogP contribution >= 0.6 is 0 Å². The van der Waals surface area contributed by atoms with Gasteiger partial charge >= 0.3 is 0 Å². The standard InChI is InChI=1S/C25H30N4/c1-27-16-18-28(19-17-27)24-9-5-8-23(26-24)25(22-10-11-22)29-14-12-21(13-15-29)20-6-3-2-4-7-20/h2-9,12H,10-11,13-19H2,1H3. The van der Waals surface area contributed by atoms with Crippen molar-refractivity contribution in [2.45, 2.75) is 19.3 Å². The van der Waals surface area contributed by atoms with Crippen LogP contribution in [-0.4, -0.2) is 61.1 Å². The summed E-state index contributed by atoms with van der Waals surface area (Å²) in [5.74, 6) is 1.13. The van der Waals surface area contributed by atoms with E-state index in [1.807, 2.05) is 0 Å². The second-order valence-corrected chi connectivity index (χ2v) is 8.41. The molecule has 0 bridgehead atoms. The van der Waals surface area contributed by atoms with Crippen molar-refractivity contribution in [1.82, 2.24) is 14.8 Å².